The summed E-state index contributed by atoms with van der Waals surface area (Å²) < 4.78 is 0. The summed E-state index contributed by atoms with van der Waals surface area (Å²) in [5.41, 5.74) is 1.32. The molecular formula is C18H25N3O2. The first-order valence-corrected chi connectivity index (χ1v) is 8.54. The van der Waals surface area contributed by atoms with Crippen molar-refractivity contribution in [1.82, 2.24) is 9.80 Å². The van der Waals surface area contributed by atoms with Crippen LogP contribution in [-0.4, -0.2) is 47.4 Å². The summed E-state index contributed by atoms with van der Waals surface area (Å²) in [7, 11) is 0. The van der Waals surface area contributed by atoms with Crippen LogP contribution in [0.15, 0.2) is 36.4 Å². The maximum atomic E-state index is 10.7. The number of hydrogen-bond donors (Lipinski definition) is 0. The van der Waals surface area contributed by atoms with E-state index < -0.39 is 0 Å². The molecule has 0 amide bonds. The van der Waals surface area contributed by atoms with E-state index in [1.54, 1.807) is 12.1 Å². The van der Waals surface area contributed by atoms with Crippen LogP contribution < -0.4 is 0 Å². The number of hydrogen-bond acceptors (Lipinski definition) is 4. The van der Waals surface area contributed by atoms with E-state index in [1.807, 2.05) is 12.1 Å². The van der Waals surface area contributed by atoms with Gasteiger partial charge in [-0.2, -0.15) is 0 Å². The number of piperazine rings is 1. The summed E-state index contributed by atoms with van der Waals surface area (Å²) in [6, 6.07) is 6.95. The average Bonchev–Trinajstić information content (AvgIpc) is 2.58. The lowest BCUT2D eigenvalue weighted by Gasteiger charge is -2.36. The number of nitrogens with zero attached hydrogens (tertiary/aromatic N) is 3. The Morgan fingerprint density at radius 3 is 2.35 bits per heavy atom. The van der Waals surface area contributed by atoms with Gasteiger partial charge < -0.3 is 4.90 Å². The van der Waals surface area contributed by atoms with E-state index in [4.69, 9.17) is 0 Å². The molecule has 0 radical (unpaired) electrons. The summed E-state index contributed by atoms with van der Waals surface area (Å²) in [6.07, 6.45) is 8.45. The molecule has 1 fully saturated rings. The Balaban J connectivity index is 1.43. The molecule has 1 aliphatic heterocycles. The second-order valence-corrected chi connectivity index (χ2v) is 6.65. The van der Waals surface area contributed by atoms with Crippen molar-refractivity contribution in [2.75, 3.05) is 32.7 Å². The third-order valence-electron chi connectivity index (χ3n) is 4.91. The highest BCUT2D eigenvalue weighted by Gasteiger charge is 2.20. The van der Waals surface area contributed by atoms with Gasteiger partial charge in [0.2, 0.25) is 0 Å². The predicted molar refractivity (Wildman–Crippen MR) is 91.3 cm³/mol. The molecule has 0 aromatic heterocycles. The molecule has 0 saturated carbocycles. The molecule has 0 unspecified atom stereocenters. The number of benzene rings is 1. The normalized spacial score (nSPS) is 23.0. The highest BCUT2D eigenvalue weighted by molar-refractivity contribution is 5.32. The van der Waals surface area contributed by atoms with Crippen molar-refractivity contribution in [3.05, 3.63) is 52.1 Å². The summed E-state index contributed by atoms with van der Waals surface area (Å²) >= 11 is 0. The van der Waals surface area contributed by atoms with Crippen molar-refractivity contribution < 1.29 is 4.92 Å². The number of rotatable bonds is 5. The standard InChI is InChI=1S/C18H25N3O2/c22-21(23)18-8-6-17(7-9-18)15-20-12-10-19(11-13-20)14-16-4-2-1-3-5-16/h1-2,6-9,16H,3-5,10-15H2/t16-/m1/s1. The van der Waals surface area contributed by atoms with Crippen LogP contribution >= 0.6 is 0 Å². The highest BCUT2D eigenvalue weighted by Crippen LogP contribution is 2.20. The SMILES string of the molecule is O=[N+]([O-])c1ccc(CN2CCN(C[C@@H]3CC=CCC3)CC2)cc1. The monoisotopic (exact) mass is 315 g/mol. The maximum Gasteiger partial charge on any atom is 0.269 e. The molecule has 0 bridgehead atoms. The Morgan fingerprint density at radius 1 is 1.04 bits per heavy atom. The first-order valence-electron chi connectivity index (χ1n) is 8.54. The van der Waals surface area contributed by atoms with Gasteiger partial charge in [0.05, 0.1) is 4.92 Å². The molecule has 3 rings (SSSR count). The molecule has 1 heterocycles. The van der Waals surface area contributed by atoms with Crippen LogP contribution in [0.4, 0.5) is 5.69 Å². The van der Waals surface area contributed by atoms with E-state index in [2.05, 4.69) is 22.0 Å². The molecular weight excluding hydrogens is 290 g/mol. The average molecular weight is 315 g/mol. The van der Waals surface area contributed by atoms with Crippen molar-refractivity contribution in [1.29, 1.82) is 0 Å². The first-order chi connectivity index (χ1) is 11.2. The van der Waals surface area contributed by atoms with E-state index >= 15 is 0 Å². The van der Waals surface area contributed by atoms with E-state index in [1.165, 1.54) is 25.8 Å². The fourth-order valence-electron chi connectivity index (χ4n) is 3.50. The van der Waals surface area contributed by atoms with Crippen molar-refractivity contribution in [3.63, 3.8) is 0 Å². The third-order valence-corrected chi connectivity index (χ3v) is 4.91. The van der Waals surface area contributed by atoms with Gasteiger partial charge in [-0.3, -0.25) is 15.0 Å². The molecule has 1 aliphatic carbocycles. The molecule has 1 aromatic rings. The van der Waals surface area contributed by atoms with E-state index in [0.717, 1.165) is 44.2 Å². The fourth-order valence-corrected chi connectivity index (χ4v) is 3.50. The summed E-state index contributed by atoms with van der Waals surface area (Å²) in [6.45, 7) is 6.55. The number of non-ortho nitro benzene ring substituents is 1. The quantitative estimate of drug-likeness (QED) is 0.476. The molecule has 124 valence electrons. The zero-order valence-electron chi connectivity index (χ0n) is 13.6. The van der Waals surface area contributed by atoms with Gasteiger partial charge in [0.25, 0.3) is 5.69 Å². The van der Waals surface area contributed by atoms with Gasteiger partial charge in [-0.1, -0.05) is 24.3 Å². The van der Waals surface area contributed by atoms with E-state index in [9.17, 15) is 10.1 Å². The van der Waals surface area contributed by atoms with Crippen LogP contribution in [0.5, 0.6) is 0 Å². The Bertz CT molecular complexity index is 548. The topological polar surface area (TPSA) is 49.6 Å². The molecule has 2 aliphatic rings. The minimum Gasteiger partial charge on any atom is -0.301 e. The molecule has 5 heteroatoms. The molecule has 0 N–H and O–H groups in total. The number of allylic oxidation sites excluding steroid dienone is 2. The van der Waals surface area contributed by atoms with Gasteiger partial charge in [-0.15, -0.1) is 0 Å². The number of nitro benzene ring substituents is 1. The van der Waals surface area contributed by atoms with Crippen LogP contribution in [-0.2, 0) is 6.54 Å². The Kier molecular flexibility index (Phi) is 5.41. The molecule has 23 heavy (non-hydrogen) atoms. The van der Waals surface area contributed by atoms with Crippen molar-refractivity contribution in [3.8, 4) is 0 Å². The lowest BCUT2D eigenvalue weighted by molar-refractivity contribution is -0.384. The summed E-state index contributed by atoms with van der Waals surface area (Å²) in [4.78, 5) is 15.4. The van der Waals surface area contributed by atoms with E-state index in [0.29, 0.717) is 0 Å². The number of nitro groups is 1. The summed E-state index contributed by atoms with van der Waals surface area (Å²) in [5.74, 6) is 0.834. The van der Waals surface area contributed by atoms with E-state index in [-0.39, 0.29) is 10.6 Å². The predicted octanol–water partition coefficient (Wildman–Crippen LogP) is 3.07. The highest BCUT2D eigenvalue weighted by atomic mass is 16.6. The zero-order valence-corrected chi connectivity index (χ0v) is 13.6. The molecule has 1 atom stereocenters. The van der Waals surface area contributed by atoms with Crippen LogP contribution in [0.2, 0.25) is 0 Å². The lowest BCUT2D eigenvalue weighted by Crippen LogP contribution is -2.47. The molecule has 1 aromatic carbocycles. The Morgan fingerprint density at radius 2 is 1.74 bits per heavy atom. The zero-order chi connectivity index (χ0) is 16.1. The van der Waals surface area contributed by atoms with Crippen LogP contribution in [0.3, 0.4) is 0 Å². The Labute approximate surface area is 137 Å². The van der Waals surface area contributed by atoms with Gasteiger partial charge in [0.1, 0.15) is 0 Å². The minimum absolute atomic E-state index is 0.167. The van der Waals surface area contributed by atoms with Crippen LogP contribution in [0.25, 0.3) is 0 Å². The lowest BCUT2D eigenvalue weighted by atomic mass is 9.94. The summed E-state index contributed by atoms with van der Waals surface area (Å²) in [5, 5.41) is 10.7. The van der Waals surface area contributed by atoms with Gasteiger partial charge >= 0.3 is 0 Å². The van der Waals surface area contributed by atoms with Crippen LogP contribution in [0.1, 0.15) is 24.8 Å². The van der Waals surface area contributed by atoms with Gasteiger partial charge in [-0.25, -0.2) is 0 Å². The second-order valence-electron chi connectivity index (χ2n) is 6.65. The molecule has 5 nitrogen and oxygen atoms in total. The smallest absolute Gasteiger partial charge is 0.269 e. The first kappa shape index (κ1) is 16.1. The van der Waals surface area contributed by atoms with Gasteiger partial charge in [-0.05, 0) is 30.7 Å². The largest absolute Gasteiger partial charge is 0.301 e. The minimum atomic E-state index is -0.344. The third kappa shape index (κ3) is 4.62. The van der Waals surface area contributed by atoms with Crippen LogP contribution in [0, 0.1) is 16.0 Å². The maximum absolute atomic E-state index is 10.7. The molecule has 1 saturated heterocycles. The van der Waals surface area contributed by atoms with Gasteiger partial charge in [0, 0.05) is 51.4 Å². The molecule has 0 spiro atoms. The van der Waals surface area contributed by atoms with Crippen molar-refractivity contribution in [2.24, 2.45) is 5.92 Å². The fraction of sp³-hybridized carbons (Fsp3) is 0.556. The van der Waals surface area contributed by atoms with Crippen molar-refractivity contribution >= 4 is 5.69 Å². The van der Waals surface area contributed by atoms with Gasteiger partial charge in [0.15, 0.2) is 0 Å². The second kappa shape index (κ2) is 7.70. The Hall–Kier alpha value is -1.72. The van der Waals surface area contributed by atoms with Crippen molar-refractivity contribution in [2.45, 2.75) is 25.8 Å².